The molecular weight excluding hydrogens is 429 g/mol. The van der Waals surface area contributed by atoms with Crippen molar-refractivity contribution in [2.75, 3.05) is 5.32 Å². The summed E-state index contributed by atoms with van der Waals surface area (Å²) < 4.78 is 46.8. The topological polar surface area (TPSA) is 107 Å². The molecule has 9 nitrogen and oxygen atoms in total. The molecule has 0 unspecified atom stereocenters. The molecule has 0 aliphatic heterocycles. The number of anilines is 1. The van der Waals surface area contributed by atoms with E-state index in [-0.39, 0.29) is 36.8 Å². The zero-order valence-corrected chi connectivity index (χ0v) is 17.1. The van der Waals surface area contributed by atoms with Crippen molar-refractivity contribution in [2.24, 2.45) is 7.05 Å². The van der Waals surface area contributed by atoms with Gasteiger partial charge in [-0.2, -0.15) is 23.4 Å². The van der Waals surface area contributed by atoms with Crippen molar-refractivity contribution in [3.63, 3.8) is 0 Å². The molecule has 1 saturated carbocycles. The van der Waals surface area contributed by atoms with E-state index in [1.165, 1.54) is 21.8 Å². The number of amides is 2. The Bertz CT molecular complexity index is 1110. The highest BCUT2D eigenvalue weighted by Crippen LogP contribution is 2.42. The molecule has 32 heavy (non-hydrogen) atoms. The van der Waals surface area contributed by atoms with Crippen LogP contribution in [0.1, 0.15) is 52.8 Å². The van der Waals surface area contributed by atoms with Crippen molar-refractivity contribution in [1.82, 2.24) is 24.9 Å². The molecular formula is C20H21F3N6O3. The third kappa shape index (κ3) is 5.01. The van der Waals surface area contributed by atoms with E-state index >= 15 is 0 Å². The molecule has 2 amide bonds. The van der Waals surface area contributed by atoms with Crippen molar-refractivity contribution in [1.29, 1.82) is 0 Å². The Kier molecular flexibility index (Phi) is 5.76. The van der Waals surface area contributed by atoms with Gasteiger partial charge in [-0.15, -0.1) is 0 Å². The maximum absolute atomic E-state index is 13.0. The summed E-state index contributed by atoms with van der Waals surface area (Å²) in [6.45, 7) is 0.147. The maximum atomic E-state index is 13.0. The van der Waals surface area contributed by atoms with Gasteiger partial charge in [-0.3, -0.25) is 19.0 Å². The van der Waals surface area contributed by atoms with Gasteiger partial charge in [0.25, 0.3) is 5.91 Å². The van der Waals surface area contributed by atoms with Crippen LogP contribution in [0.15, 0.2) is 35.1 Å². The van der Waals surface area contributed by atoms with E-state index in [0.717, 1.165) is 18.9 Å². The number of alkyl halides is 3. The molecule has 0 aromatic carbocycles. The van der Waals surface area contributed by atoms with Gasteiger partial charge in [-0.1, -0.05) is 0 Å². The maximum Gasteiger partial charge on any atom is 0.435 e. The fourth-order valence-electron chi connectivity index (χ4n) is 3.29. The number of nitrogens with zero attached hydrogens (tertiary/aromatic N) is 4. The fraction of sp³-hybridized carbons (Fsp3) is 0.400. The Labute approximate surface area is 180 Å². The van der Waals surface area contributed by atoms with Crippen LogP contribution in [0.4, 0.5) is 18.9 Å². The number of furan rings is 1. The van der Waals surface area contributed by atoms with Crippen LogP contribution in [0, 0.1) is 0 Å². The predicted molar refractivity (Wildman–Crippen MR) is 106 cm³/mol. The molecule has 12 heteroatoms. The summed E-state index contributed by atoms with van der Waals surface area (Å²) in [7, 11) is 1.60. The lowest BCUT2D eigenvalue weighted by Crippen LogP contribution is -2.25. The van der Waals surface area contributed by atoms with E-state index in [9.17, 15) is 22.8 Å². The first-order chi connectivity index (χ1) is 15.2. The molecule has 0 bridgehead atoms. The van der Waals surface area contributed by atoms with Crippen molar-refractivity contribution in [2.45, 2.75) is 44.4 Å². The molecule has 3 aromatic heterocycles. The largest absolute Gasteiger partial charge is 0.467 e. The summed E-state index contributed by atoms with van der Waals surface area (Å²) in [6, 6.07) is 4.45. The summed E-state index contributed by atoms with van der Waals surface area (Å²) in [5.41, 5.74) is -0.245. The SMILES string of the molecule is Cn1cc(NC(=O)CCn2nc(C(F)(F)F)cc2C2CC2)c(C(=O)NCc2ccco2)n1. The van der Waals surface area contributed by atoms with Crippen molar-refractivity contribution in [3.05, 3.63) is 53.5 Å². The number of aromatic nitrogens is 4. The lowest BCUT2D eigenvalue weighted by atomic mass is 10.2. The quantitative estimate of drug-likeness (QED) is 0.549. The van der Waals surface area contributed by atoms with Crippen LogP contribution < -0.4 is 10.6 Å². The smallest absolute Gasteiger partial charge is 0.435 e. The minimum atomic E-state index is -4.54. The number of nitrogens with one attached hydrogen (secondary N) is 2. The molecule has 0 saturated heterocycles. The summed E-state index contributed by atoms with van der Waals surface area (Å²) >= 11 is 0. The van der Waals surface area contributed by atoms with Crippen LogP contribution in [0.2, 0.25) is 0 Å². The van der Waals surface area contributed by atoms with Crippen molar-refractivity contribution < 1.29 is 27.2 Å². The van der Waals surface area contributed by atoms with E-state index in [0.29, 0.717) is 11.5 Å². The first kappa shape index (κ1) is 21.7. The molecule has 1 aliphatic rings. The summed E-state index contributed by atoms with van der Waals surface area (Å²) in [6.07, 6.45) is -0.0701. The summed E-state index contributed by atoms with van der Waals surface area (Å²) in [5.74, 6) is -0.368. The monoisotopic (exact) mass is 450 g/mol. The van der Waals surface area contributed by atoms with Crippen molar-refractivity contribution >= 4 is 17.5 Å². The van der Waals surface area contributed by atoms with E-state index < -0.39 is 23.7 Å². The van der Waals surface area contributed by atoms with Gasteiger partial charge in [0, 0.05) is 37.8 Å². The Morgan fingerprint density at radius 1 is 1.28 bits per heavy atom. The van der Waals surface area contributed by atoms with Crippen LogP contribution in [0.3, 0.4) is 0 Å². The molecule has 4 rings (SSSR count). The van der Waals surface area contributed by atoms with E-state index in [4.69, 9.17) is 4.42 Å². The van der Waals surface area contributed by atoms with E-state index in [1.807, 2.05) is 0 Å². The van der Waals surface area contributed by atoms with Gasteiger partial charge in [0.15, 0.2) is 11.4 Å². The summed E-state index contributed by atoms with van der Waals surface area (Å²) in [4.78, 5) is 24.9. The number of rotatable bonds is 8. The normalized spacial score (nSPS) is 13.9. The molecule has 0 spiro atoms. The minimum Gasteiger partial charge on any atom is -0.467 e. The number of hydrogen-bond donors (Lipinski definition) is 2. The second-order valence-electron chi connectivity index (χ2n) is 7.57. The molecule has 2 N–H and O–H groups in total. The van der Waals surface area contributed by atoms with Gasteiger partial charge in [0.05, 0.1) is 18.5 Å². The molecule has 1 fully saturated rings. The Hall–Kier alpha value is -3.57. The van der Waals surface area contributed by atoms with E-state index in [1.54, 1.807) is 19.2 Å². The fourth-order valence-corrected chi connectivity index (χ4v) is 3.29. The number of aryl methyl sites for hydroxylation is 2. The Morgan fingerprint density at radius 3 is 2.72 bits per heavy atom. The third-order valence-corrected chi connectivity index (χ3v) is 4.97. The second-order valence-corrected chi connectivity index (χ2v) is 7.57. The van der Waals surface area contributed by atoms with Gasteiger partial charge in [-0.05, 0) is 31.0 Å². The van der Waals surface area contributed by atoms with Crippen LogP contribution in [0.5, 0.6) is 0 Å². The lowest BCUT2D eigenvalue weighted by molar-refractivity contribution is -0.141. The highest BCUT2D eigenvalue weighted by molar-refractivity contribution is 6.02. The first-order valence-corrected chi connectivity index (χ1v) is 9.99. The average molecular weight is 450 g/mol. The molecule has 0 atom stereocenters. The molecule has 1 aliphatic carbocycles. The highest BCUT2D eigenvalue weighted by Gasteiger charge is 2.37. The van der Waals surface area contributed by atoms with Crippen LogP contribution in [-0.2, 0) is 31.1 Å². The van der Waals surface area contributed by atoms with Gasteiger partial charge < -0.3 is 15.1 Å². The zero-order chi connectivity index (χ0) is 22.9. The number of halogens is 3. The molecule has 0 radical (unpaired) electrons. The Morgan fingerprint density at radius 2 is 2.06 bits per heavy atom. The lowest BCUT2D eigenvalue weighted by Gasteiger charge is -2.08. The number of carbonyl (C=O) groups excluding carboxylic acids is 2. The van der Waals surface area contributed by atoms with Crippen molar-refractivity contribution in [3.8, 4) is 0 Å². The van der Waals surface area contributed by atoms with Crippen LogP contribution in [-0.4, -0.2) is 31.4 Å². The van der Waals surface area contributed by atoms with Crippen LogP contribution in [0.25, 0.3) is 0 Å². The highest BCUT2D eigenvalue weighted by atomic mass is 19.4. The number of hydrogen-bond acceptors (Lipinski definition) is 5. The number of carbonyl (C=O) groups is 2. The minimum absolute atomic E-state index is 0.00592. The zero-order valence-electron chi connectivity index (χ0n) is 17.1. The van der Waals surface area contributed by atoms with Gasteiger partial charge >= 0.3 is 6.18 Å². The van der Waals surface area contributed by atoms with Crippen LogP contribution >= 0.6 is 0 Å². The van der Waals surface area contributed by atoms with Gasteiger partial charge in [0.1, 0.15) is 5.76 Å². The standard InChI is InChI=1S/C20H21F3N6O3/c1-28-11-14(18(27-28)19(31)24-10-13-3-2-8-32-13)25-17(30)6-7-29-15(12-4-5-12)9-16(26-29)20(21,22)23/h2-3,8-9,11-12H,4-7,10H2,1H3,(H,24,31)(H,25,30). The first-order valence-electron chi connectivity index (χ1n) is 9.99. The molecule has 170 valence electrons. The average Bonchev–Trinajstić information content (AvgIpc) is 3.13. The predicted octanol–water partition coefficient (Wildman–Crippen LogP) is 3.06. The summed E-state index contributed by atoms with van der Waals surface area (Å²) in [5, 5.41) is 13.0. The molecule has 3 heterocycles. The van der Waals surface area contributed by atoms with E-state index in [2.05, 4.69) is 20.8 Å². The Balaban J connectivity index is 1.39. The van der Waals surface area contributed by atoms with Gasteiger partial charge in [0.2, 0.25) is 5.91 Å². The molecule has 3 aromatic rings. The second kappa shape index (κ2) is 8.52. The third-order valence-electron chi connectivity index (χ3n) is 4.97. The van der Waals surface area contributed by atoms with Gasteiger partial charge in [-0.25, -0.2) is 0 Å².